The molecule has 0 radical (unpaired) electrons. The van der Waals surface area contributed by atoms with Gasteiger partial charge in [0.2, 0.25) is 5.89 Å². The van der Waals surface area contributed by atoms with Crippen molar-refractivity contribution < 1.29 is 4.52 Å². The number of rotatable bonds is 3. The second kappa shape index (κ2) is 4.65. The molecule has 16 heavy (non-hydrogen) atoms. The van der Waals surface area contributed by atoms with Crippen LogP contribution in [-0.4, -0.2) is 10.1 Å². The van der Waals surface area contributed by atoms with E-state index in [0.717, 1.165) is 10.2 Å². The van der Waals surface area contributed by atoms with Crippen LogP contribution >= 0.6 is 15.9 Å². The van der Waals surface area contributed by atoms with E-state index in [4.69, 9.17) is 4.52 Å². The summed E-state index contributed by atoms with van der Waals surface area (Å²) in [6, 6.07) is 6.14. The summed E-state index contributed by atoms with van der Waals surface area (Å²) in [7, 11) is 0. The Balaban J connectivity index is 2.04. The molecule has 1 aromatic heterocycles. The number of halogens is 1. The Kier molecular flexibility index (Phi) is 3.24. The molecule has 0 unspecified atom stereocenters. The monoisotopic (exact) mass is 281 g/mol. The molecule has 0 saturated carbocycles. The van der Waals surface area contributed by atoms with Crippen LogP contribution in [0.5, 0.6) is 0 Å². The average molecular weight is 282 g/mol. The minimum Gasteiger partial charge on any atom is -0.378 e. The first-order chi connectivity index (χ1) is 7.63. The lowest BCUT2D eigenvalue weighted by molar-refractivity contribution is 0.388. The van der Waals surface area contributed by atoms with E-state index in [0.29, 0.717) is 18.3 Å². The molecule has 84 valence electrons. The van der Waals surface area contributed by atoms with Crippen LogP contribution in [0.3, 0.4) is 0 Å². The third-order valence-corrected chi connectivity index (χ3v) is 2.52. The molecule has 1 heterocycles. The Bertz CT molecular complexity index is 475. The predicted molar refractivity (Wildman–Crippen MR) is 65.2 cm³/mol. The van der Waals surface area contributed by atoms with E-state index < -0.39 is 0 Å². The van der Waals surface area contributed by atoms with Gasteiger partial charge in [0.1, 0.15) is 0 Å². The zero-order chi connectivity index (χ0) is 11.5. The maximum Gasteiger partial charge on any atom is 0.223 e. The zero-order valence-electron chi connectivity index (χ0n) is 9.12. The van der Waals surface area contributed by atoms with Crippen LogP contribution in [0.2, 0.25) is 0 Å². The van der Waals surface area contributed by atoms with Crippen LogP contribution < -0.4 is 5.32 Å². The van der Waals surface area contributed by atoms with Gasteiger partial charge in [0.05, 0.1) is 6.54 Å². The second-order valence-electron chi connectivity index (χ2n) is 3.60. The lowest BCUT2D eigenvalue weighted by Crippen LogP contribution is -2.01. The first-order valence-electron chi connectivity index (χ1n) is 4.94. The summed E-state index contributed by atoms with van der Waals surface area (Å²) in [5, 5.41) is 7.06. The summed E-state index contributed by atoms with van der Waals surface area (Å²) in [5.74, 6) is 1.25. The topological polar surface area (TPSA) is 51.0 Å². The Labute approximate surface area is 102 Å². The van der Waals surface area contributed by atoms with Crippen molar-refractivity contribution in [1.82, 2.24) is 10.1 Å². The molecule has 5 heteroatoms. The minimum atomic E-state index is 0.563. The lowest BCUT2D eigenvalue weighted by Gasteiger charge is -2.05. The van der Waals surface area contributed by atoms with Crippen LogP contribution in [0.1, 0.15) is 17.3 Å². The molecule has 0 spiro atoms. The molecule has 2 rings (SSSR count). The van der Waals surface area contributed by atoms with Crippen molar-refractivity contribution in [3.8, 4) is 0 Å². The molecular formula is C11H12BrN3O. The van der Waals surface area contributed by atoms with Crippen molar-refractivity contribution in [3.63, 3.8) is 0 Å². The number of hydrogen-bond donors (Lipinski definition) is 1. The number of anilines is 1. The Morgan fingerprint density at radius 1 is 1.31 bits per heavy atom. The van der Waals surface area contributed by atoms with Crippen molar-refractivity contribution >= 4 is 21.6 Å². The highest BCUT2D eigenvalue weighted by molar-refractivity contribution is 9.10. The number of aromatic nitrogens is 2. The number of nitrogens with zero attached hydrogens (tertiary/aromatic N) is 2. The smallest absolute Gasteiger partial charge is 0.223 e. The Hall–Kier alpha value is -1.36. The number of aryl methyl sites for hydroxylation is 2. The summed E-state index contributed by atoms with van der Waals surface area (Å²) in [5.41, 5.74) is 2.23. The molecule has 0 aliphatic carbocycles. The Morgan fingerprint density at radius 2 is 2.12 bits per heavy atom. The second-order valence-corrected chi connectivity index (χ2v) is 4.52. The van der Waals surface area contributed by atoms with E-state index in [-0.39, 0.29) is 0 Å². The van der Waals surface area contributed by atoms with Gasteiger partial charge in [0.15, 0.2) is 5.82 Å². The van der Waals surface area contributed by atoms with Gasteiger partial charge in [-0.05, 0) is 30.7 Å². The molecule has 0 fully saturated rings. The molecule has 0 amide bonds. The van der Waals surface area contributed by atoms with Crippen molar-refractivity contribution in [2.24, 2.45) is 0 Å². The average Bonchev–Trinajstić information content (AvgIpc) is 2.60. The van der Waals surface area contributed by atoms with Crippen molar-refractivity contribution in [2.75, 3.05) is 5.32 Å². The summed E-state index contributed by atoms with van der Waals surface area (Å²) in [6.07, 6.45) is 0. The van der Waals surface area contributed by atoms with Gasteiger partial charge in [-0.2, -0.15) is 4.98 Å². The molecule has 0 atom stereocenters. The van der Waals surface area contributed by atoms with Crippen LogP contribution in [0.15, 0.2) is 27.2 Å². The Morgan fingerprint density at radius 3 is 2.75 bits per heavy atom. The first kappa shape index (κ1) is 11.1. The van der Waals surface area contributed by atoms with Gasteiger partial charge in [-0.1, -0.05) is 21.1 Å². The van der Waals surface area contributed by atoms with Gasteiger partial charge in [0.25, 0.3) is 0 Å². The highest BCUT2D eigenvalue weighted by atomic mass is 79.9. The lowest BCUT2D eigenvalue weighted by atomic mass is 10.2. The number of hydrogen-bond acceptors (Lipinski definition) is 4. The summed E-state index contributed by atoms with van der Waals surface area (Å²) in [4.78, 5) is 4.12. The van der Waals surface area contributed by atoms with Gasteiger partial charge < -0.3 is 9.84 Å². The van der Waals surface area contributed by atoms with Crippen LogP contribution in [-0.2, 0) is 6.54 Å². The molecule has 0 saturated heterocycles. The standard InChI is InChI=1S/C11H12BrN3O/c1-7-3-9(12)5-10(4-7)13-6-11-14-8(2)16-15-11/h3-5,13H,6H2,1-2H3. The van der Waals surface area contributed by atoms with E-state index in [1.54, 1.807) is 6.92 Å². The minimum absolute atomic E-state index is 0.563. The van der Waals surface area contributed by atoms with Crippen molar-refractivity contribution in [3.05, 3.63) is 40.0 Å². The number of nitrogens with one attached hydrogen (secondary N) is 1. The fourth-order valence-corrected chi connectivity index (χ4v) is 2.04. The largest absolute Gasteiger partial charge is 0.378 e. The van der Waals surface area contributed by atoms with Gasteiger partial charge in [0, 0.05) is 17.1 Å². The SMILES string of the molecule is Cc1cc(Br)cc(NCc2noc(C)n2)c1. The fraction of sp³-hybridized carbons (Fsp3) is 0.273. The zero-order valence-corrected chi connectivity index (χ0v) is 10.7. The molecule has 2 aromatic rings. The van der Waals surface area contributed by atoms with Crippen molar-refractivity contribution in [2.45, 2.75) is 20.4 Å². The maximum atomic E-state index is 4.89. The summed E-state index contributed by atoms with van der Waals surface area (Å²) < 4.78 is 5.94. The first-order valence-corrected chi connectivity index (χ1v) is 5.73. The highest BCUT2D eigenvalue weighted by Crippen LogP contribution is 2.19. The van der Waals surface area contributed by atoms with Gasteiger partial charge in [-0.15, -0.1) is 0 Å². The van der Waals surface area contributed by atoms with Crippen LogP contribution in [0, 0.1) is 13.8 Å². The van der Waals surface area contributed by atoms with E-state index >= 15 is 0 Å². The summed E-state index contributed by atoms with van der Waals surface area (Å²) >= 11 is 3.45. The van der Waals surface area contributed by atoms with Crippen LogP contribution in [0.25, 0.3) is 0 Å². The van der Waals surface area contributed by atoms with E-state index in [2.05, 4.69) is 50.4 Å². The maximum absolute atomic E-state index is 4.89. The third kappa shape index (κ3) is 2.82. The molecule has 4 nitrogen and oxygen atoms in total. The fourth-order valence-electron chi connectivity index (χ4n) is 1.43. The molecule has 1 aromatic carbocycles. The van der Waals surface area contributed by atoms with Gasteiger partial charge >= 0.3 is 0 Å². The predicted octanol–water partition coefficient (Wildman–Crippen LogP) is 3.06. The van der Waals surface area contributed by atoms with E-state index in [9.17, 15) is 0 Å². The van der Waals surface area contributed by atoms with Crippen molar-refractivity contribution in [1.29, 1.82) is 0 Å². The molecular weight excluding hydrogens is 270 g/mol. The van der Waals surface area contributed by atoms with Crippen LogP contribution in [0.4, 0.5) is 5.69 Å². The van der Waals surface area contributed by atoms with E-state index in [1.165, 1.54) is 5.56 Å². The normalized spacial score (nSPS) is 10.4. The number of benzene rings is 1. The molecule has 1 N–H and O–H groups in total. The van der Waals surface area contributed by atoms with Gasteiger partial charge in [-0.25, -0.2) is 0 Å². The quantitative estimate of drug-likeness (QED) is 0.940. The third-order valence-electron chi connectivity index (χ3n) is 2.06. The molecule has 0 aliphatic rings. The highest BCUT2D eigenvalue weighted by Gasteiger charge is 2.02. The van der Waals surface area contributed by atoms with E-state index in [1.807, 2.05) is 6.07 Å². The van der Waals surface area contributed by atoms with Gasteiger partial charge in [-0.3, -0.25) is 0 Å². The molecule has 0 bridgehead atoms. The summed E-state index contributed by atoms with van der Waals surface area (Å²) in [6.45, 7) is 4.39. The molecule has 0 aliphatic heterocycles.